The van der Waals surface area contributed by atoms with Crippen LogP contribution in [0.5, 0.6) is 0 Å². The fraction of sp³-hybridized carbons (Fsp3) is 0.357. The molecule has 0 bridgehead atoms. The zero-order chi connectivity index (χ0) is 17.4. The van der Waals surface area contributed by atoms with Gasteiger partial charge in [-0.25, -0.2) is 0 Å². The fourth-order valence-corrected chi connectivity index (χ4v) is 2.51. The molecule has 0 spiro atoms. The van der Waals surface area contributed by atoms with E-state index < -0.39 is 35.1 Å². The molecule has 2 aromatic heterocycles. The third kappa shape index (κ3) is 2.79. The Morgan fingerprint density at radius 3 is 2.17 bits per heavy atom. The van der Waals surface area contributed by atoms with Crippen LogP contribution in [0.25, 0.3) is 0 Å². The number of hydrogen-bond donors (Lipinski definition) is 0. The standard InChI is InChI=1S/C14H12F4N4O2/c1-7-6-8(24-20-7)14(23)22-4-2-21(3-5-22)11-9(15)12(17)19-13(18)10(11)16/h6H,2-5H2,1H3. The Hall–Kier alpha value is -2.65. The van der Waals surface area contributed by atoms with Crippen LogP contribution in [0.4, 0.5) is 23.2 Å². The predicted octanol–water partition coefficient (Wildman–Crippen LogP) is 1.90. The minimum atomic E-state index is -1.71. The summed E-state index contributed by atoms with van der Waals surface area (Å²) in [7, 11) is 0. The van der Waals surface area contributed by atoms with Gasteiger partial charge in [0.2, 0.25) is 17.4 Å². The molecule has 3 heterocycles. The van der Waals surface area contributed by atoms with Crippen molar-refractivity contribution < 1.29 is 26.9 Å². The van der Waals surface area contributed by atoms with E-state index in [0.717, 1.165) is 4.90 Å². The van der Waals surface area contributed by atoms with Gasteiger partial charge in [-0.1, -0.05) is 5.16 Å². The number of halogens is 4. The highest BCUT2D eigenvalue weighted by molar-refractivity contribution is 5.91. The molecule has 1 aliphatic heterocycles. The average Bonchev–Trinajstić information content (AvgIpc) is 3.00. The van der Waals surface area contributed by atoms with Crippen molar-refractivity contribution in [1.29, 1.82) is 0 Å². The van der Waals surface area contributed by atoms with E-state index >= 15 is 0 Å². The SMILES string of the molecule is Cc1cc(C(=O)N2CCN(c3c(F)c(F)nc(F)c3F)CC2)on1. The maximum Gasteiger partial charge on any atom is 0.292 e. The second-order valence-corrected chi connectivity index (χ2v) is 5.28. The number of carbonyl (C=O) groups excluding carboxylic acids is 1. The molecule has 3 rings (SSSR count). The molecular formula is C14H12F4N4O2. The first-order chi connectivity index (χ1) is 11.4. The summed E-state index contributed by atoms with van der Waals surface area (Å²) < 4.78 is 58.8. The molecule has 0 saturated carbocycles. The Morgan fingerprint density at radius 2 is 1.67 bits per heavy atom. The zero-order valence-corrected chi connectivity index (χ0v) is 12.5. The molecular weight excluding hydrogens is 332 g/mol. The lowest BCUT2D eigenvalue weighted by Crippen LogP contribution is -2.49. The van der Waals surface area contributed by atoms with Gasteiger partial charge in [-0.3, -0.25) is 4.79 Å². The van der Waals surface area contributed by atoms with E-state index in [4.69, 9.17) is 4.52 Å². The van der Waals surface area contributed by atoms with E-state index in [9.17, 15) is 22.4 Å². The molecule has 0 aromatic carbocycles. The summed E-state index contributed by atoms with van der Waals surface area (Å²) in [5.41, 5.74) is -0.272. The number of rotatable bonds is 2. The lowest BCUT2D eigenvalue weighted by Gasteiger charge is -2.35. The highest BCUT2D eigenvalue weighted by atomic mass is 19.2. The molecule has 0 aliphatic carbocycles. The van der Waals surface area contributed by atoms with Crippen molar-refractivity contribution >= 4 is 11.6 Å². The first kappa shape index (κ1) is 16.2. The number of amides is 1. The monoisotopic (exact) mass is 344 g/mol. The second-order valence-electron chi connectivity index (χ2n) is 5.28. The van der Waals surface area contributed by atoms with Gasteiger partial charge in [-0.15, -0.1) is 0 Å². The van der Waals surface area contributed by atoms with E-state index in [1.54, 1.807) is 6.92 Å². The topological polar surface area (TPSA) is 62.5 Å². The van der Waals surface area contributed by atoms with E-state index in [2.05, 4.69) is 10.1 Å². The summed E-state index contributed by atoms with van der Waals surface area (Å²) in [6.45, 7) is 1.85. The zero-order valence-electron chi connectivity index (χ0n) is 12.5. The highest BCUT2D eigenvalue weighted by Crippen LogP contribution is 2.27. The Bertz CT molecular complexity index is 761. The van der Waals surface area contributed by atoms with Crippen LogP contribution in [-0.4, -0.2) is 47.1 Å². The third-order valence-corrected chi connectivity index (χ3v) is 3.70. The van der Waals surface area contributed by atoms with E-state index in [1.807, 2.05) is 0 Å². The molecule has 1 fully saturated rings. The van der Waals surface area contributed by atoms with Crippen LogP contribution in [0.2, 0.25) is 0 Å². The number of piperazine rings is 1. The van der Waals surface area contributed by atoms with Gasteiger partial charge >= 0.3 is 0 Å². The lowest BCUT2D eigenvalue weighted by atomic mass is 10.2. The average molecular weight is 344 g/mol. The van der Waals surface area contributed by atoms with Crippen LogP contribution in [0, 0.1) is 30.5 Å². The van der Waals surface area contributed by atoms with Crippen molar-refractivity contribution in [2.75, 3.05) is 31.1 Å². The predicted molar refractivity (Wildman–Crippen MR) is 73.4 cm³/mol. The highest BCUT2D eigenvalue weighted by Gasteiger charge is 2.30. The van der Waals surface area contributed by atoms with Crippen LogP contribution >= 0.6 is 0 Å². The van der Waals surface area contributed by atoms with Gasteiger partial charge in [0.05, 0.1) is 5.69 Å². The van der Waals surface area contributed by atoms with Crippen molar-refractivity contribution in [2.45, 2.75) is 6.92 Å². The molecule has 1 aliphatic rings. The van der Waals surface area contributed by atoms with Gasteiger partial charge in [0.15, 0.2) is 0 Å². The molecule has 0 unspecified atom stereocenters. The number of nitrogens with zero attached hydrogens (tertiary/aromatic N) is 4. The fourth-order valence-electron chi connectivity index (χ4n) is 2.51. The normalized spacial score (nSPS) is 15.0. The summed E-state index contributed by atoms with van der Waals surface area (Å²) in [4.78, 5) is 17.2. The van der Waals surface area contributed by atoms with Gasteiger partial charge in [0, 0.05) is 32.2 Å². The van der Waals surface area contributed by atoms with Crippen LogP contribution in [0.15, 0.2) is 10.6 Å². The Balaban J connectivity index is 1.75. The number of pyridine rings is 1. The maximum absolute atomic E-state index is 13.8. The van der Waals surface area contributed by atoms with Crippen molar-refractivity contribution in [3.8, 4) is 0 Å². The van der Waals surface area contributed by atoms with Crippen molar-refractivity contribution in [2.24, 2.45) is 0 Å². The van der Waals surface area contributed by atoms with Crippen LogP contribution in [0.1, 0.15) is 16.2 Å². The van der Waals surface area contributed by atoms with Gasteiger partial charge in [-0.05, 0) is 6.92 Å². The summed E-state index contributed by atoms with van der Waals surface area (Å²) in [5.74, 6) is -6.89. The Labute approximate surface area is 133 Å². The van der Waals surface area contributed by atoms with Crippen molar-refractivity contribution in [3.05, 3.63) is 41.1 Å². The first-order valence-electron chi connectivity index (χ1n) is 7.06. The number of aromatic nitrogens is 2. The molecule has 6 nitrogen and oxygen atoms in total. The van der Waals surface area contributed by atoms with E-state index in [1.165, 1.54) is 11.0 Å². The molecule has 0 radical (unpaired) electrons. The number of aryl methyl sites for hydroxylation is 1. The molecule has 0 atom stereocenters. The molecule has 2 aromatic rings. The van der Waals surface area contributed by atoms with Gasteiger partial charge in [0.1, 0.15) is 5.69 Å². The summed E-state index contributed by atoms with van der Waals surface area (Å²) in [5, 5.41) is 3.62. The van der Waals surface area contributed by atoms with Crippen molar-refractivity contribution in [3.63, 3.8) is 0 Å². The number of anilines is 1. The van der Waals surface area contributed by atoms with Gasteiger partial charge in [-0.2, -0.15) is 22.5 Å². The van der Waals surface area contributed by atoms with E-state index in [0.29, 0.717) is 5.69 Å². The number of carbonyl (C=O) groups is 1. The molecule has 1 saturated heterocycles. The van der Waals surface area contributed by atoms with Crippen LogP contribution < -0.4 is 4.90 Å². The Kier molecular flexibility index (Phi) is 4.12. The summed E-state index contributed by atoms with van der Waals surface area (Å²) in [6.07, 6.45) is 0. The maximum atomic E-state index is 13.8. The smallest absolute Gasteiger partial charge is 0.292 e. The van der Waals surface area contributed by atoms with Crippen molar-refractivity contribution in [1.82, 2.24) is 15.0 Å². The lowest BCUT2D eigenvalue weighted by molar-refractivity contribution is 0.0704. The molecule has 0 N–H and O–H groups in total. The van der Waals surface area contributed by atoms with Gasteiger partial charge < -0.3 is 14.3 Å². The minimum Gasteiger partial charge on any atom is -0.363 e. The van der Waals surface area contributed by atoms with Crippen LogP contribution in [0.3, 0.4) is 0 Å². The summed E-state index contributed by atoms with van der Waals surface area (Å²) >= 11 is 0. The Morgan fingerprint density at radius 1 is 1.08 bits per heavy atom. The molecule has 128 valence electrons. The quantitative estimate of drug-likeness (QED) is 0.615. The molecule has 10 heteroatoms. The molecule has 24 heavy (non-hydrogen) atoms. The third-order valence-electron chi connectivity index (χ3n) is 3.70. The van der Waals surface area contributed by atoms with E-state index in [-0.39, 0.29) is 31.9 Å². The second kappa shape index (κ2) is 6.10. The first-order valence-corrected chi connectivity index (χ1v) is 7.06. The minimum absolute atomic E-state index is 0.00437. The number of hydrogen-bond acceptors (Lipinski definition) is 5. The molecule has 1 amide bonds. The van der Waals surface area contributed by atoms with Crippen LogP contribution in [-0.2, 0) is 0 Å². The largest absolute Gasteiger partial charge is 0.363 e. The van der Waals surface area contributed by atoms with Gasteiger partial charge in [0.25, 0.3) is 17.8 Å². The summed E-state index contributed by atoms with van der Waals surface area (Å²) in [6, 6.07) is 1.47.